The predicted molar refractivity (Wildman–Crippen MR) is 73.6 cm³/mol. The number of hydrogen-bond donors (Lipinski definition) is 1. The van der Waals surface area contributed by atoms with Gasteiger partial charge in [0, 0.05) is 35.0 Å². The summed E-state index contributed by atoms with van der Waals surface area (Å²) in [5, 5.41) is 3.67. The third kappa shape index (κ3) is 3.25. The number of rotatable bonds is 4. The van der Waals surface area contributed by atoms with Gasteiger partial charge in [0.05, 0.1) is 0 Å². The van der Waals surface area contributed by atoms with E-state index < -0.39 is 0 Å². The van der Waals surface area contributed by atoms with Crippen LogP contribution in [0.25, 0.3) is 0 Å². The second kappa shape index (κ2) is 6.55. The van der Waals surface area contributed by atoms with Crippen molar-refractivity contribution >= 4 is 11.8 Å². The SMILES string of the molecule is CNC(C)c1c(F)cccc1SC1CCOCC1. The molecule has 1 unspecified atom stereocenters. The normalized spacial score (nSPS) is 18.8. The van der Waals surface area contributed by atoms with E-state index >= 15 is 0 Å². The minimum Gasteiger partial charge on any atom is -0.381 e. The Morgan fingerprint density at radius 2 is 2.11 bits per heavy atom. The van der Waals surface area contributed by atoms with Crippen LogP contribution in [0.3, 0.4) is 0 Å². The van der Waals surface area contributed by atoms with Crippen LogP contribution in [0, 0.1) is 5.82 Å². The van der Waals surface area contributed by atoms with Crippen molar-refractivity contribution in [3.8, 4) is 0 Å². The minimum absolute atomic E-state index is 0.0357. The molecule has 0 saturated carbocycles. The Kier molecular flexibility index (Phi) is 5.03. The first-order chi connectivity index (χ1) is 8.72. The molecule has 4 heteroatoms. The summed E-state index contributed by atoms with van der Waals surface area (Å²) in [6, 6.07) is 5.39. The van der Waals surface area contributed by atoms with Crippen molar-refractivity contribution in [1.29, 1.82) is 0 Å². The highest BCUT2D eigenvalue weighted by Gasteiger charge is 2.20. The van der Waals surface area contributed by atoms with Gasteiger partial charge in [-0.05, 0) is 38.9 Å². The lowest BCUT2D eigenvalue weighted by Gasteiger charge is -2.24. The molecule has 1 saturated heterocycles. The van der Waals surface area contributed by atoms with E-state index in [0.29, 0.717) is 5.25 Å². The Hall–Kier alpha value is -0.580. The van der Waals surface area contributed by atoms with Gasteiger partial charge >= 0.3 is 0 Å². The third-order valence-corrected chi connectivity index (χ3v) is 4.76. The molecule has 1 aromatic rings. The fraction of sp³-hybridized carbons (Fsp3) is 0.571. The van der Waals surface area contributed by atoms with Gasteiger partial charge in [0.15, 0.2) is 0 Å². The summed E-state index contributed by atoms with van der Waals surface area (Å²) in [7, 11) is 1.86. The van der Waals surface area contributed by atoms with Gasteiger partial charge in [-0.15, -0.1) is 11.8 Å². The number of hydrogen-bond acceptors (Lipinski definition) is 3. The highest BCUT2D eigenvalue weighted by molar-refractivity contribution is 8.00. The third-order valence-electron chi connectivity index (χ3n) is 3.34. The van der Waals surface area contributed by atoms with E-state index in [0.717, 1.165) is 36.5 Å². The van der Waals surface area contributed by atoms with Crippen molar-refractivity contribution in [2.75, 3.05) is 20.3 Å². The molecule has 0 aliphatic carbocycles. The summed E-state index contributed by atoms with van der Waals surface area (Å²) >= 11 is 1.79. The van der Waals surface area contributed by atoms with Gasteiger partial charge in [-0.3, -0.25) is 0 Å². The molecule has 1 heterocycles. The molecule has 2 rings (SSSR count). The van der Waals surface area contributed by atoms with Crippen LogP contribution in [-0.4, -0.2) is 25.5 Å². The summed E-state index contributed by atoms with van der Waals surface area (Å²) < 4.78 is 19.3. The van der Waals surface area contributed by atoms with E-state index in [2.05, 4.69) is 5.32 Å². The average molecular weight is 269 g/mol. The van der Waals surface area contributed by atoms with Crippen molar-refractivity contribution in [2.24, 2.45) is 0 Å². The van der Waals surface area contributed by atoms with Gasteiger partial charge in [0.25, 0.3) is 0 Å². The first-order valence-corrected chi connectivity index (χ1v) is 7.30. The topological polar surface area (TPSA) is 21.3 Å². The molecule has 1 N–H and O–H groups in total. The van der Waals surface area contributed by atoms with Crippen molar-refractivity contribution in [3.63, 3.8) is 0 Å². The molecule has 1 atom stereocenters. The molecule has 0 spiro atoms. The number of nitrogens with one attached hydrogen (secondary N) is 1. The number of benzene rings is 1. The largest absolute Gasteiger partial charge is 0.381 e. The van der Waals surface area contributed by atoms with Gasteiger partial charge in [0.2, 0.25) is 0 Å². The molecule has 0 amide bonds. The van der Waals surface area contributed by atoms with Gasteiger partial charge in [-0.1, -0.05) is 6.07 Å². The van der Waals surface area contributed by atoms with Gasteiger partial charge < -0.3 is 10.1 Å². The maximum atomic E-state index is 14.0. The van der Waals surface area contributed by atoms with E-state index in [1.807, 2.05) is 20.0 Å². The molecule has 2 nitrogen and oxygen atoms in total. The summed E-state index contributed by atoms with van der Waals surface area (Å²) in [6.45, 7) is 3.64. The van der Waals surface area contributed by atoms with Crippen molar-refractivity contribution < 1.29 is 9.13 Å². The quantitative estimate of drug-likeness (QED) is 0.905. The summed E-state index contributed by atoms with van der Waals surface area (Å²) in [5.74, 6) is -0.117. The van der Waals surface area contributed by atoms with Crippen molar-refractivity contribution in [2.45, 2.75) is 36.0 Å². The van der Waals surface area contributed by atoms with Crippen molar-refractivity contribution in [1.82, 2.24) is 5.32 Å². The minimum atomic E-state index is -0.117. The van der Waals surface area contributed by atoms with Gasteiger partial charge in [-0.25, -0.2) is 4.39 Å². The Morgan fingerprint density at radius 3 is 2.78 bits per heavy atom. The number of ether oxygens (including phenoxy) is 1. The molecule has 0 bridgehead atoms. The highest BCUT2D eigenvalue weighted by Crippen LogP contribution is 2.35. The fourth-order valence-electron chi connectivity index (χ4n) is 2.16. The van der Waals surface area contributed by atoms with E-state index in [9.17, 15) is 4.39 Å². The molecular formula is C14H20FNOS. The highest BCUT2D eigenvalue weighted by atomic mass is 32.2. The monoisotopic (exact) mass is 269 g/mol. The molecular weight excluding hydrogens is 249 g/mol. The van der Waals surface area contributed by atoms with E-state index in [-0.39, 0.29) is 11.9 Å². The van der Waals surface area contributed by atoms with Crippen LogP contribution in [0.4, 0.5) is 4.39 Å². The average Bonchev–Trinajstić information content (AvgIpc) is 2.39. The van der Waals surface area contributed by atoms with E-state index in [4.69, 9.17) is 4.74 Å². The van der Waals surface area contributed by atoms with E-state index in [1.54, 1.807) is 17.8 Å². The van der Waals surface area contributed by atoms with Crippen LogP contribution >= 0.6 is 11.8 Å². The van der Waals surface area contributed by atoms with Crippen LogP contribution in [0.15, 0.2) is 23.1 Å². The van der Waals surface area contributed by atoms with Crippen LogP contribution in [-0.2, 0) is 4.74 Å². The van der Waals surface area contributed by atoms with Crippen LogP contribution < -0.4 is 5.32 Å². The zero-order chi connectivity index (χ0) is 13.0. The molecule has 0 aromatic heterocycles. The lowest BCUT2D eigenvalue weighted by atomic mass is 10.1. The fourth-order valence-corrected chi connectivity index (χ4v) is 3.50. The van der Waals surface area contributed by atoms with Gasteiger partial charge in [0.1, 0.15) is 5.82 Å². The predicted octanol–water partition coefficient (Wildman–Crippen LogP) is 3.38. The maximum Gasteiger partial charge on any atom is 0.129 e. The zero-order valence-electron chi connectivity index (χ0n) is 10.9. The lowest BCUT2D eigenvalue weighted by Crippen LogP contribution is -2.19. The second-order valence-electron chi connectivity index (χ2n) is 4.59. The first-order valence-electron chi connectivity index (χ1n) is 6.42. The second-order valence-corrected chi connectivity index (χ2v) is 5.93. The Balaban J connectivity index is 2.18. The van der Waals surface area contributed by atoms with Crippen LogP contribution in [0.1, 0.15) is 31.4 Å². The maximum absolute atomic E-state index is 14.0. The molecule has 1 aliphatic rings. The van der Waals surface area contributed by atoms with Crippen LogP contribution in [0.5, 0.6) is 0 Å². The first kappa shape index (κ1) is 13.8. The summed E-state index contributed by atoms with van der Waals surface area (Å²) in [4.78, 5) is 1.06. The lowest BCUT2D eigenvalue weighted by molar-refractivity contribution is 0.1000. The van der Waals surface area contributed by atoms with Crippen molar-refractivity contribution in [3.05, 3.63) is 29.6 Å². The van der Waals surface area contributed by atoms with Crippen LogP contribution in [0.2, 0.25) is 0 Å². The Morgan fingerprint density at radius 1 is 1.39 bits per heavy atom. The van der Waals surface area contributed by atoms with E-state index in [1.165, 1.54) is 6.07 Å². The molecule has 18 heavy (non-hydrogen) atoms. The number of halogens is 1. The molecule has 1 aromatic carbocycles. The molecule has 1 aliphatic heterocycles. The summed E-state index contributed by atoms with van der Waals surface area (Å²) in [5.41, 5.74) is 0.788. The molecule has 1 fully saturated rings. The molecule has 100 valence electrons. The smallest absolute Gasteiger partial charge is 0.129 e. The number of thioether (sulfide) groups is 1. The molecule has 0 radical (unpaired) electrons. The Labute approximate surface area is 112 Å². The standard InChI is InChI=1S/C14H20FNOS/c1-10(16-2)14-12(15)4-3-5-13(14)18-11-6-8-17-9-7-11/h3-5,10-11,16H,6-9H2,1-2H3. The Bertz CT molecular complexity index is 393. The zero-order valence-corrected chi connectivity index (χ0v) is 11.7. The summed E-state index contributed by atoms with van der Waals surface area (Å²) in [6.07, 6.45) is 2.10. The van der Waals surface area contributed by atoms with Gasteiger partial charge in [-0.2, -0.15) is 0 Å².